The Morgan fingerprint density at radius 3 is 3.00 bits per heavy atom. The molecule has 0 rings (SSSR count). The topological polar surface area (TPSA) is 50.1 Å². The molecule has 0 amide bonds. The van der Waals surface area contributed by atoms with Crippen LogP contribution in [0.2, 0.25) is 0 Å². The largest absolute Gasteiger partial charge is 0.463 e. The predicted molar refractivity (Wildman–Crippen MR) is 48.5 cm³/mol. The summed E-state index contributed by atoms with van der Waals surface area (Å²) in [5.41, 5.74) is 0. The summed E-state index contributed by atoms with van der Waals surface area (Å²) in [5, 5.41) is 10.1. The van der Waals surface area contributed by atoms with Gasteiger partial charge in [0.05, 0.1) is 6.61 Å². The zero-order valence-electron chi connectivity index (χ0n) is 6.78. The molecule has 0 aliphatic heterocycles. The third-order valence-electron chi connectivity index (χ3n) is 1.12. The van der Waals surface area contributed by atoms with Gasteiger partial charge in [-0.05, 0) is 24.6 Å². The molecule has 3 nitrogen and oxygen atoms in total. The van der Waals surface area contributed by atoms with Gasteiger partial charge < -0.3 is 4.74 Å². The van der Waals surface area contributed by atoms with Crippen LogP contribution in [-0.2, 0) is 9.53 Å². The second-order valence-corrected chi connectivity index (χ2v) is 2.90. The van der Waals surface area contributed by atoms with E-state index in [2.05, 4.69) is 6.58 Å². The monoisotopic (exact) mass is 185 g/mol. The Kier molecular flexibility index (Phi) is 7.50. The summed E-state index contributed by atoms with van der Waals surface area (Å²) >= 11 is 1.22. The molecule has 0 atom stereocenters. The van der Waals surface area contributed by atoms with E-state index in [0.29, 0.717) is 6.61 Å². The van der Waals surface area contributed by atoms with Crippen molar-refractivity contribution in [3.63, 3.8) is 0 Å². The van der Waals surface area contributed by atoms with Gasteiger partial charge in [-0.15, -0.1) is 0 Å². The van der Waals surface area contributed by atoms with Gasteiger partial charge >= 0.3 is 5.97 Å². The molecule has 0 spiro atoms. The van der Waals surface area contributed by atoms with Gasteiger partial charge in [-0.1, -0.05) is 6.58 Å². The summed E-state index contributed by atoms with van der Waals surface area (Å²) in [6.07, 6.45) is 2.83. The van der Waals surface area contributed by atoms with Crippen LogP contribution < -0.4 is 0 Å². The van der Waals surface area contributed by atoms with Crippen molar-refractivity contribution in [2.24, 2.45) is 0 Å². The number of unbranched alkanes of at least 4 members (excludes halogenated alkanes) is 1. The second kappa shape index (κ2) is 8.15. The molecule has 4 heteroatoms. The molecule has 0 heterocycles. The molecule has 0 saturated heterocycles. The maximum atomic E-state index is 10.5. The van der Waals surface area contributed by atoms with E-state index in [1.807, 2.05) is 5.40 Å². The van der Waals surface area contributed by atoms with Crippen molar-refractivity contribution in [2.45, 2.75) is 12.8 Å². The number of ether oxygens (including phenoxy) is 1. The van der Waals surface area contributed by atoms with Crippen LogP contribution in [0.4, 0.5) is 0 Å². The van der Waals surface area contributed by atoms with E-state index < -0.39 is 0 Å². The maximum Gasteiger partial charge on any atom is 0.330 e. The minimum absolute atomic E-state index is 0.386. The number of thiocyanates is 1. The average Bonchev–Trinajstić information content (AvgIpc) is 2.10. The minimum atomic E-state index is -0.386. The first kappa shape index (κ1) is 11.1. The molecule has 0 unspecified atom stereocenters. The van der Waals surface area contributed by atoms with Crippen LogP contribution in [0.5, 0.6) is 0 Å². The van der Waals surface area contributed by atoms with Crippen molar-refractivity contribution in [1.82, 2.24) is 0 Å². The zero-order chi connectivity index (χ0) is 9.23. The van der Waals surface area contributed by atoms with Crippen molar-refractivity contribution in [1.29, 1.82) is 5.26 Å². The molecule has 0 radical (unpaired) electrons. The fourth-order valence-corrected chi connectivity index (χ4v) is 0.993. The third kappa shape index (κ3) is 7.16. The van der Waals surface area contributed by atoms with E-state index in [-0.39, 0.29) is 5.97 Å². The SMILES string of the molecule is C=CC(=O)OCCCCSC#N. The molecule has 0 bridgehead atoms. The summed E-state index contributed by atoms with van der Waals surface area (Å²) < 4.78 is 4.72. The predicted octanol–water partition coefficient (Wildman–Crippen LogP) is 1.71. The number of carbonyl (C=O) groups is 1. The number of nitriles is 1. The van der Waals surface area contributed by atoms with Gasteiger partial charge in [0.2, 0.25) is 0 Å². The summed E-state index contributed by atoms with van der Waals surface area (Å²) in [4.78, 5) is 10.5. The lowest BCUT2D eigenvalue weighted by Gasteiger charge is -1.99. The summed E-state index contributed by atoms with van der Waals surface area (Å²) in [6.45, 7) is 3.68. The Balaban J connectivity index is 3.06. The van der Waals surface area contributed by atoms with E-state index in [0.717, 1.165) is 24.7 Å². The molecule has 0 aliphatic carbocycles. The first-order valence-corrected chi connectivity index (χ1v) is 4.60. The Hall–Kier alpha value is -0.950. The van der Waals surface area contributed by atoms with E-state index in [9.17, 15) is 4.79 Å². The number of carbonyl (C=O) groups excluding carboxylic acids is 1. The van der Waals surface area contributed by atoms with Gasteiger partial charge in [0, 0.05) is 11.8 Å². The smallest absolute Gasteiger partial charge is 0.330 e. The fourth-order valence-electron chi connectivity index (χ4n) is 0.554. The standard InChI is InChI=1S/C8H11NO2S/c1-2-8(10)11-5-3-4-6-12-7-9/h2H,1,3-6H2. The van der Waals surface area contributed by atoms with Gasteiger partial charge in [-0.3, -0.25) is 0 Å². The first-order chi connectivity index (χ1) is 5.81. The molecule has 0 aromatic rings. The normalized spacial score (nSPS) is 8.58. The van der Waals surface area contributed by atoms with Gasteiger partial charge in [0.15, 0.2) is 0 Å². The highest BCUT2D eigenvalue weighted by molar-refractivity contribution is 8.03. The molecular weight excluding hydrogens is 174 g/mol. The van der Waals surface area contributed by atoms with Crippen molar-refractivity contribution in [2.75, 3.05) is 12.4 Å². The number of thioether (sulfide) groups is 1. The lowest BCUT2D eigenvalue weighted by Crippen LogP contribution is -2.01. The maximum absolute atomic E-state index is 10.5. The number of nitrogens with zero attached hydrogens (tertiary/aromatic N) is 1. The van der Waals surface area contributed by atoms with Crippen LogP contribution in [0, 0.1) is 10.7 Å². The molecule has 0 aromatic carbocycles. The van der Waals surface area contributed by atoms with Crippen molar-refractivity contribution < 1.29 is 9.53 Å². The van der Waals surface area contributed by atoms with Crippen LogP contribution in [0.3, 0.4) is 0 Å². The average molecular weight is 185 g/mol. The van der Waals surface area contributed by atoms with Crippen LogP contribution >= 0.6 is 11.8 Å². The Labute approximate surface area is 76.4 Å². The molecular formula is C8H11NO2S. The Bertz CT molecular complexity index is 186. The molecule has 0 aromatic heterocycles. The third-order valence-corrected chi connectivity index (χ3v) is 1.74. The zero-order valence-corrected chi connectivity index (χ0v) is 7.60. The summed E-state index contributed by atoms with van der Waals surface area (Å²) in [6, 6.07) is 0. The fraction of sp³-hybridized carbons (Fsp3) is 0.500. The number of hydrogen-bond donors (Lipinski definition) is 0. The summed E-state index contributed by atoms with van der Waals surface area (Å²) in [5.74, 6) is 0.408. The van der Waals surface area contributed by atoms with Crippen molar-refractivity contribution in [3.05, 3.63) is 12.7 Å². The van der Waals surface area contributed by atoms with E-state index >= 15 is 0 Å². The van der Waals surface area contributed by atoms with Crippen molar-refractivity contribution >= 4 is 17.7 Å². The number of hydrogen-bond acceptors (Lipinski definition) is 4. The quantitative estimate of drug-likeness (QED) is 0.273. The van der Waals surface area contributed by atoms with E-state index in [4.69, 9.17) is 10.00 Å². The van der Waals surface area contributed by atoms with E-state index in [1.165, 1.54) is 11.8 Å². The highest BCUT2D eigenvalue weighted by atomic mass is 32.2. The molecule has 12 heavy (non-hydrogen) atoms. The highest BCUT2D eigenvalue weighted by Gasteiger charge is 1.94. The molecule has 66 valence electrons. The first-order valence-electron chi connectivity index (χ1n) is 3.61. The Morgan fingerprint density at radius 2 is 2.42 bits per heavy atom. The lowest BCUT2D eigenvalue weighted by atomic mass is 10.4. The number of esters is 1. The van der Waals surface area contributed by atoms with Crippen LogP contribution in [0.15, 0.2) is 12.7 Å². The van der Waals surface area contributed by atoms with Gasteiger partial charge in [0.25, 0.3) is 0 Å². The minimum Gasteiger partial charge on any atom is -0.463 e. The second-order valence-electron chi connectivity index (χ2n) is 2.02. The van der Waals surface area contributed by atoms with Crippen molar-refractivity contribution in [3.8, 4) is 5.40 Å². The Morgan fingerprint density at radius 1 is 1.67 bits per heavy atom. The molecule has 0 fully saturated rings. The van der Waals surface area contributed by atoms with Crippen LogP contribution in [0.1, 0.15) is 12.8 Å². The van der Waals surface area contributed by atoms with Crippen LogP contribution in [-0.4, -0.2) is 18.3 Å². The number of rotatable bonds is 6. The molecule has 0 saturated carbocycles. The molecule has 0 aliphatic rings. The van der Waals surface area contributed by atoms with Gasteiger partial charge in [0.1, 0.15) is 5.40 Å². The molecule has 0 N–H and O–H groups in total. The van der Waals surface area contributed by atoms with Gasteiger partial charge in [-0.25, -0.2) is 4.79 Å². The summed E-state index contributed by atoms with van der Waals surface area (Å²) in [7, 11) is 0. The lowest BCUT2D eigenvalue weighted by molar-refractivity contribution is -0.137. The van der Waals surface area contributed by atoms with Gasteiger partial charge in [-0.2, -0.15) is 5.26 Å². The highest BCUT2D eigenvalue weighted by Crippen LogP contribution is 2.01. The van der Waals surface area contributed by atoms with Crippen LogP contribution in [0.25, 0.3) is 0 Å². The van der Waals surface area contributed by atoms with E-state index in [1.54, 1.807) is 0 Å².